The number of ether oxygens (including phenoxy) is 1. The number of carbonyl (C=O) groups is 1. The Bertz CT molecular complexity index is 688. The number of fused-ring (bicyclic) bond motifs is 1. The van der Waals surface area contributed by atoms with Gasteiger partial charge in [-0.1, -0.05) is 18.2 Å². The molecule has 0 saturated carbocycles. The second-order valence-corrected chi connectivity index (χ2v) is 5.91. The highest BCUT2D eigenvalue weighted by Gasteiger charge is 2.29. The molecule has 3 N–H and O–H groups in total. The van der Waals surface area contributed by atoms with Crippen molar-refractivity contribution in [3.63, 3.8) is 0 Å². The van der Waals surface area contributed by atoms with Crippen LogP contribution in [0, 0.1) is 0 Å². The third-order valence-electron chi connectivity index (χ3n) is 3.50. The van der Waals surface area contributed by atoms with E-state index in [-0.39, 0.29) is 11.8 Å². The Labute approximate surface area is 127 Å². The first-order valence-electron chi connectivity index (χ1n) is 6.65. The van der Waals surface area contributed by atoms with E-state index in [1.807, 2.05) is 24.3 Å². The lowest BCUT2D eigenvalue weighted by atomic mass is 10.0. The first-order chi connectivity index (χ1) is 10.2. The maximum Gasteiger partial charge on any atom is 0.232 e. The first kappa shape index (κ1) is 13.8. The molecule has 5 heteroatoms. The van der Waals surface area contributed by atoms with Crippen LogP contribution in [0.15, 0.2) is 47.4 Å². The highest BCUT2D eigenvalue weighted by Crippen LogP contribution is 2.40. The molecular weight excluding hydrogens is 284 g/mol. The zero-order chi connectivity index (χ0) is 14.8. The van der Waals surface area contributed by atoms with E-state index in [4.69, 9.17) is 10.5 Å². The van der Waals surface area contributed by atoms with Gasteiger partial charge in [0.2, 0.25) is 5.91 Å². The van der Waals surface area contributed by atoms with E-state index in [2.05, 4.69) is 5.32 Å². The van der Waals surface area contributed by atoms with E-state index < -0.39 is 0 Å². The van der Waals surface area contributed by atoms with E-state index in [0.29, 0.717) is 17.1 Å². The summed E-state index contributed by atoms with van der Waals surface area (Å²) in [5, 5.41) is 2.93. The van der Waals surface area contributed by atoms with E-state index in [1.165, 1.54) is 4.90 Å². The van der Waals surface area contributed by atoms with Gasteiger partial charge >= 0.3 is 0 Å². The van der Waals surface area contributed by atoms with Crippen LogP contribution in [-0.4, -0.2) is 18.8 Å². The average Bonchev–Trinajstić information content (AvgIpc) is 2.91. The van der Waals surface area contributed by atoms with Crippen LogP contribution < -0.4 is 15.8 Å². The van der Waals surface area contributed by atoms with Gasteiger partial charge in [-0.3, -0.25) is 4.79 Å². The number of nitrogen functional groups attached to an aromatic ring is 1. The van der Waals surface area contributed by atoms with Crippen molar-refractivity contribution in [3.8, 4) is 5.75 Å². The Morgan fingerprint density at radius 3 is 2.95 bits per heavy atom. The Hall–Kier alpha value is -2.14. The van der Waals surface area contributed by atoms with Gasteiger partial charge in [0, 0.05) is 16.3 Å². The zero-order valence-electron chi connectivity index (χ0n) is 11.6. The zero-order valence-corrected chi connectivity index (χ0v) is 12.4. The quantitative estimate of drug-likeness (QED) is 0.855. The van der Waals surface area contributed by atoms with E-state index in [9.17, 15) is 4.79 Å². The summed E-state index contributed by atoms with van der Waals surface area (Å²) >= 11 is 1.71. The molecule has 4 nitrogen and oxygen atoms in total. The first-order valence-corrected chi connectivity index (χ1v) is 7.63. The Kier molecular flexibility index (Phi) is 3.75. The maximum atomic E-state index is 12.5. The molecule has 1 amide bonds. The minimum atomic E-state index is -0.141. The molecule has 3 rings (SSSR count). The molecule has 0 spiro atoms. The van der Waals surface area contributed by atoms with E-state index >= 15 is 0 Å². The van der Waals surface area contributed by atoms with Crippen LogP contribution in [0.5, 0.6) is 5.75 Å². The number of hydrogen-bond donors (Lipinski definition) is 2. The molecule has 108 valence electrons. The molecule has 0 aromatic heterocycles. The maximum absolute atomic E-state index is 12.5. The summed E-state index contributed by atoms with van der Waals surface area (Å²) in [6.07, 6.45) is 0. The topological polar surface area (TPSA) is 64.3 Å². The van der Waals surface area contributed by atoms with Crippen LogP contribution in [0.4, 0.5) is 11.4 Å². The number of carbonyl (C=O) groups excluding carboxylic acids is 1. The number of anilines is 2. The van der Waals surface area contributed by atoms with Crippen molar-refractivity contribution in [1.29, 1.82) is 0 Å². The van der Waals surface area contributed by atoms with Crippen LogP contribution in [0.2, 0.25) is 0 Å². The average molecular weight is 300 g/mol. The van der Waals surface area contributed by atoms with Crippen LogP contribution >= 0.6 is 11.8 Å². The van der Waals surface area contributed by atoms with Crippen molar-refractivity contribution >= 4 is 29.0 Å². The summed E-state index contributed by atoms with van der Waals surface area (Å²) in [5.74, 6) is 1.20. The van der Waals surface area contributed by atoms with Gasteiger partial charge in [-0.2, -0.15) is 0 Å². The van der Waals surface area contributed by atoms with Crippen molar-refractivity contribution in [1.82, 2.24) is 0 Å². The lowest BCUT2D eigenvalue weighted by Crippen LogP contribution is -2.21. The number of methoxy groups -OCH3 is 1. The second kappa shape index (κ2) is 5.69. The van der Waals surface area contributed by atoms with Gasteiger partial charge in [0.05, 0.1) is 18.7 Å². The van der Waals surface area contributed by atoms with Gasteiger partial charge in [0.15, 0.2) is 0 Å². The number of amides is 1. The number of benzene rings is 2. The molecular formula is C16H16N2O2S. The fraction of sp³-hybridized carbons (Fsp3) is 0.188. The van der Waals surface area contributed by atoms with Gasteiger partial charge in [0.1, 0.15) is 5.75 Å². The largest absolute Gasteiger partial charge is 0.495 e. The second-order valence-electron chi connectivity index (χ2n) is 4.85. The van der Waals surface area contributed by atoms with Crippen molar-refractivity contribution in [2.45, 2.75) is 10.8 Å². The van der Waals surface area contributed by atoms with E-state index in [1.54, 1.807) is 37.1 Å². The predicted molar refractivity (Wildman–Crippen MR) is 85.9 cm³/mol. The minimum Gasteiger partial charge on any atom is -0.495 e. The molecule has 1 aliphatic heterocycles. The molecule has 2 aromatic rings. The minimum absolute atomic E-state index is 0.0312. The summed E-state index contributed by atoms with van der Waals surface area (Å²) in [4.78, 5) is 13.7. The van der Waals surface area contributed by atoms with Crippen LogP contribution in [0.1, 0.15) is 11.5 Å². The number of nitrogens with one attached hydrogen (secondary N) is 1. The SMILES string of the molecule is COc1ccc(N)cc1NC(=O)C1CSc2ccccc21. The van der Waals surface area contributed by atoms with Gasteiger partial charge in [0.25, 0.3) is 0 Å². The molecule has 0 bridgehead atoms. The van der Waals surface area contributed by atoms with Crippen molar-refractivity contribution in [2.75, 3.05) is 23.9 Å². The van der Waals surface area contributed by atoms with Gasteiger partial charge < -0.3 is 15.8 Å². The highest BCUT2D eigenvalue weighted by atomic mass is 32.2. The van der Waals surface area contributed by atoms with Gasteiger partial charge in [-0.05, 0) is 29.8 Å². The van der Waals surface area contributed by atoms with Gasteiger partial charge in [-0.25, -0.2) is 0 Å². The van der Waals surface area contributed by atoms with Crippen LogP contribution in [-0.2, 0) is 4.79 Å². The normalized spacial score (nSPS) is 16.3. The molecule has 0 radical (unpaired) electrons. The van der Waals surface area contributed by atoms with E-state index in [0.717, 1.165) is 11.3 Å². The smallest absolute Gasteiger partial charge is 0.232 e. The summed E-state index contributed by atoms with van der Waals surface area (Å²) < 4.78 is 5.26. The van der Waals surface area contributed by atoms with Crippen LogP contribution in [0.3, 0.4) is 0 Å². The number of nitrogens with two attached hydrogens (primary N) is 1. The fourth-order valence-electron chi connectivity index (χ4n) is 2.42. The number of rotatable bonds is 3. The molecule has 1 heterocycles. The molecule has 2 aromatic carbocycles. The number of thioether (sulfide) groups is 1. The van der Waals surface area contributed by atoms with Crippen molar-refractivity contribution in [3.05, 3.63) is 48.0 Å². The molecule has 1 unspecified atom stereocenters. The van der Waals surface area contributed by atoms with Gasteiger partial charge in [-0.15, -0.1) is 11.8 Å². The molecule has 0 saturated heterocycles. The highest BCUT2D eigenvalue weighted by molar-refractivity contribution is 7.99. The molecule has 0 aliphatic carbocycles. The lowest BCUT2D eigenvalue weighted by Gasteiger charge is -2.14. The summed E-state index contributed by atoms with van der Waals surface area (Å²) in [6.45, 7) is 0. The fourth-order valence-corrected chi connectivity index (χ4v) is 3.65. The number of hydrogen-bond acceptors (Lipinski definition) is 4. The summed E-state index contributed by atoms with van der Waals surface area (Å²) in [7, 11) is 1.57. The Morgan fingerprint density at radius 1 is 1.33 bits per heavy atom. The van der Waals surface area contributed by atoms with Crippen LogP contribution in [0.25, 0.3) is 0 Å². The molecule has 0 fully saturated rings. The van der Waals surface area contributed by atoms with Crippen molar-refractivity contribution < 1.29 is 9.53 Å². The summed E-state index contributed by atoms with van der Waals surface area (Å²) in [6, 6.07) is 13.2. The summed E-state index contributed by atoms with van der Waals surface area (Å²) in [5.41, 5.74) is 8.06. The predicted octanol–water partition coefficient (Wildman–Crippen LogP) is 3.11. The standard InChI is InChI=1S/C16H16N2O2S/c1-20-14-7-6-10(17)8-13(14)18-16(19)12-9-21-15-5-3-2-4-11(12)15/h2-8,12H,9,17H2,1H3,(H,18,19). The molecule has 21 heavy (non-hydrogen) atoms. The molecule has 1 aliphatic rings. The monoisotopic (exact) mass is 300 g/mol. The third kappa shape index (κ3) is 2.69. The molecule has 1 atom stereocenters. The van der Waals surface area contributed by atoms with Crippen molar-refractivity contribution in [2.24, 2.45) is 0 Å². The Balaban J connectivity index is 1.83. The lowest BCUT2D eigenvalue weighted by molar-refractivity contribution is -0.117. The third-order valence-corrected chi connectivity index (χ3v) is 4.68. The Morgan fingerprint density at radius 2 is 2.14 bits per heavy atom.